The Morgan fingerprint density at radius 2 is 1.10 bits per heavy atom. The van der Waals surface area contributed by atoms with Crippen molar-refractivity contribution in [2.75, 3.05) is 26.4 Å². The van der Waals surface area contributed by atoms with Crippen LogP contribution in [0.3, 0.4) is 0 Å². The molecule has 0 spiro atoms. The second-order valence-electron chi connectivity index (χ2n) is 14.5. The summed E-state index contributed by atoms with van der Waals surface area (Å²) in [7, 11) is -4.67. The maximum absolute atomic E-state index is 12.6. The summed E-state index contributed by atoms with van der Waals surface area (Å²) in [4.78, 5) is 35.0. The molecule has 0 aliphatic carbocycles. The highest BCUT2D eigenvalue weighted by molar-refractivity contribution is 7.47. The fraction of sp³-hybridized carbons (Fsp3) is 0.560. The van der Waals surface area contributed by atoms with E-state index in [0.29, 0.717) is 25.7 Å². The highest BCUT2D eigenvalue weighted by atomic mass is 31.2. The number of hydrogen-bond donors (Lipinski definition) is 4. The van der Waals surface area contributed by atoms with Gasteiger partial charge in [-0.1, -0.05) is 155 Å². The Morgan fingerprint density at radius 3 is 1.69 bits per heavy atom. The van der Waals surface area contributed by atoms with E-state index < -0.39 is 57.9 Å². The van der Waals surface area contributed by atoms with E-state index in [1.807, 2.05) is 54.7 Å². The molecule has 62 heavy (non-hydrogen) atoms. The van der Waals surface area contributed by atoms with Crippen LogP contribution >= 0.6 is 7.82 Å². The van der Waals surface area contributed by atoms with Gasteiger partial charge >= 0.3 is 19.8 Å². The van der Waals surface area contributed by atoms with Crippen molar-refractivity contribution in [2.45, 2.75) is 154 Å². The standard InChI is InChI=1S/C50H79O11P/c1-3-5-7-9-11-12-13-14-15-16-17-18-19-20-21-25-28-32-36-40-49(54)58-44-48(45-60-62(56,57)59-43-47(53)42-51)61-50(55)41-37-33-29-26-23-22-24-27-31-35-39-46(52)38-34-30-10-8-6-4-2/h6,8,11-12,14-15,17-18,20-23,27,29-31,33-35,39,46-48,51-53H,3-5,7,9-10,13,16,19,24-26,28,32,36-38,40-45H2,1-2H3,(H,56,57)/b8-6-,12-11-,15-14-,18-17-,21-20-,23-22-,31-27-,33-29-,34-30-,39-35+/t46?,47-,48+/m0/s1. The second kappa shape index (κ2) is 44.0. The van der Waals surface area contributed by atoms with E-state index in [1.165, 1.54) is 25.7 Å². The quantitative estimate of drug-likeness (QED) is 0.0152. The summed E-state index contributed by atoms with van der Waals surface area (Å²) >= 11 is 0. The molecule has 4 atom stereocenters. The fourth-order valence-corrected chi connectivity index (χ4v) is 5.99. The van der Waals surface area contributed by atoms with E-state index in [1.54, 1.807) is 6.08 Å². The van der Waals surface area contributed by atoms with Crippen molar-refractivity contribution in [1.82, 2.24) is 0 Å². The number of hydrogen-bond acceptors (Lipinski definition) is 10. The van der Waals surface area contributed by atoms with E-state index in [0.717, 1.165) is 57.8 Å². The second-order valence-corrected chi connectivity index (χ2v) is 16.0. The van der Waals surface area contributed by atoms with Crippen LogP contribution in [0.25, 0.3) is 0 Å². The third-order valence-electron chi connectivity index (χ3n) is 8.69. The Morgan fingerprint density at radius 1 is 0.565 bits per heavy atom. The van der Waals surface area contributed by atoms with Gasteiger partial charge in [0.2, 0.25) is 0 Å². The lowest BCUT2D eigenvalue weighted by Gasteiger charge is -2.20. The van der Waals surface area contributed by atoms with E-state index in [2.05, 4.69) is 79.1 Å². The Bertz CT molecular complexity index is 1450. The summed E-state index contributed by atoms with van der Waals surface area (Å²) in [6.45, 7) is 2.00. The number of phosphoric ester groups is 1. The molecule has 0 saturated heterocycles. The van der Waals surface area contributed by atoms with Crippen molar-refractivity contribution in [3.63, 3.8) is 0 Å². The smallest absolute Gasteiger partial charge is 0.462 e. The molecular formula is C50H79O11P. The zero-order chi connectivity index (χ0) is 45.6. The summed E-state index contributed by atoms with van der Waals surface area (Å²) in [6, 6.07) is 0. The van der Waals surface area contributed by atoms with Crippen LogP contribution in [0.5, 0.6) is 0 Å². The highest BCUT2D eigenvalue weighted by Crippen LogP contribution is 2.43. The average Bonchev–Trinajstić information content (AvgIpc) is 3.26. The molecule has 0 heterocycles. The molecule has 0 bridgehead atoms. The van der Waals surface area contributed by atoms with E-state index >= 15 is 0 Å². The van der Waals surface area contributed by atoms with Crippen LogP contribution in [-0.4, -0.2) is 76.9 Å². The fourth-order valence-electron chi connectivity index (χ4n) is 5.20. The van der Waals surface area contributed by atoms with Gasteiger partial charge in [-0.3, -0.25) is 18.6 Å². The van der Waals surface area contributed by atoms with Crippen LogP contribution in [0.1, 0.15) is 136 Å². The molecule has 0 aliphatic heterocycles. The Hall–Kier alpha value is -3.67. The maximum Gasteiger partial charge on any atom is 0.472 e. The maximum atomic E-state index is 12.6. The number of aliphatic hydroxyl groups is 3. The molecule has 0 fully saturated rings. The molecular weight excluding hydrogens is 808 g/mol. The SMILES string of the molecule is CC/C=C\C/C=C\CC(O)/C=C/C=C\C/C=C\C/C=C\CCC(=O)O[C@H](COC(=O)CCCCC/C=C\C/C=C\C/C=C\C/C=C\CCCCC)COP(=O)(O)OC[C@@H](O)CO. The highest BCUT2D eigenvalue weighted by Gasteiger charge is 2.27. The van der Waals surface area contributed by atoms with Crippen molar-refractivity contribution in [3.05, 3.63) is 122 Å². The zero-order valence-electron chi connectivity index (χ0n) is 37.6. The number of allylic oxidation sites excluding steroid dienone is 18. The lowest BCUT2D eigenvalue weighted by Crippen LogP contribution is -2.29. The van der Waals surface area contributed by atoms with Crippen molar-refractivity contribution in [2.24, 2.45) is 0 Å². The largest absolute Gasteiger partial charge is 0.472 e. The molecule has 0 aromatic rings. The van der Waals surface area contributed by atoms with Gasteiger partial charge in [-0.2, -0.15) is 0 Å². The van der Waals surface area contributed by atoms with Crippen molar-refractivity contribution in [1.29, 1.82) is 0 Å². The van der Waals surface area contributed by atoms with Crippen LogP contribution < -0.4 is 0 Å². The van der Waals surface area contributed by atoms with Gasteiger partial charge in [-0.25, -0.2) is 4.57 Å². The minimum atomic E-state index is -4.67. The first kappa shape index (κ1) is 58.3. The van der Waals surface area contributed by atoms with Crippen LogP contribution in [0.4, 0.5) is 0 Å². The number of carbonyl (C=O) groups is 2. The van der Waals surface area contributed by atoms with Crippen LogP contribution in [-0.2, 0) is 32.7 Å². The zero-order valence-corrected chi connectivity index (χ0v) is 38.5. The summed E-state index contributed by atoms with van der Waals surface area (Å²) in [5.74, 6) is -1.10. The number of carbonyl (C=O) groups excluding carboxylic acids is 2. The molecule has 0 aromatic carbocycles. The molecule has 0 radical (unpaired) electrons. The summed E-state index contributed by atoms with van der Waals surface area (Å²) in [5.41, 5.74) is 0. The molecule has 0 aliphatic rings. The van der Waals surface area contributed by atoms with Crippen molar-refractivity contribution < 1.29 is 52.9 Å². The first-order valence-electron chi connectivity index (χ1n) is 22.6. The number of phosphoric acid groups is 1. The normalized spacial score (nSPS) is 15.4. The molecule has 4 N–H and O–H groups in total. The molecule has 350 valence electrons. The van der Waals surface area contributed by atoms with Gasteiger partial charge in [0.15, 0.2) is 6.10 Å². The summed E-state index contributed by atoms with van der Waals surface area (Å²) < 4.78 is 32.6. The lowest BCUT2D eigenvalue weighted by molar-refractivity contribution is -0.161. The molecule has 0 rings (SSSR count). The van der Waals surface area contributed by atoms with Gasteiger partial charge in [-0.05, 0) is 89.9 Å². The number of esters is 2. The van der Waals surface area contributed by atoms with Crippen LogP contribution in [0.15, 0.2) is 122 Å². The Labute approximate surface area is 373 Å². The summed E-state index contributed by atoms with van der Waals surface area (Å²) in [5, 5.41) is 28.4. The van der Waals surface area contributed by atoms with Gasteiger partial charge < -0.3 is 29.7 Å². The van der Waals surface area contributed by atoms with Gasteiger partial charge in [0, 0.05) is 12.8 Å². The topological polar surface area (TPSA) is 169 Å². The third kappa shape index (κ3) is 43.0. The molecule has 0 amide bonds. The number of rotatable bonds is 40. The average molecular weight is 887 g/mol. The van der Waals surface area contributed by atoms with E-state index in [9.17, 15) is 29.3 Å². The lowest BCUT2D eigenvalue weighted by atomic mass is 10.1. The Kier molecular flexibility index (Phi) is 41.4. The van der Waals surface area contributed by atoms with E-state index in [4.69, 9.17) is 19.1 Å². The van der Waals surface area contributed by atoms with Gasteiger partial charge in [0.25, 0.3) is 0 Å². The molecule has 0 aromatic heterocycles. The number of aliphatic hydroxyl groups excluding tert-OH is 3. The first-order chi connectivity index (χ1) is 30.1. The number of ether oxygens (including phenoxy) is 2. The Balaban J connectivity index is 4.54. The van der Waals surface area contributed by atoms with Crippen LogP contribution in [0.2, 0.25) is 0 Å². The van der Waals surface area contributed by atoms with Crippen LogP contribution in [0, 0.1) is 0 Å². The number of unbranched alkanes of at least 4 members (excludes halogenated alkanes) is 6. The van der Waals surface area contributed by atoms with Crippen molar-refractivity contribution >= 4 is 19.8 Å². The minimum Gasteiger partial charge on any atom is -0.462 e. The molecule has 2 unspecified atom stereocenters. The molecule has 0 saturated carbocycles. The summed E-state index contributed by atoms with van der Waals surface area (Å²) in [6.07, 6.45) is 53.4. The van der Waals surface area contributed by atoms with E-state index in [-0.39, 0.29) is 19.4 Å². The van der Waals surface area contributed by atoms with Gasteiger partial charge in [0.05, 0.1) is 25.9 Å². The minimum absolute atomic E-state index is 0.0205. The first-order valence-corrected chi connectivity index (χ1v) is 24.1. The van der Waals surface area contributed by atoms with Gasteiger partial charge in [0.1, 0.15) is 12.7 Å². The third-order valence-corrected chi connectivity index (χ3v) is 9.64. The van der Waals surface area contributed by atoms with Gasteiger partial charge in [-0.15, -0.1) is 0 Å². The predicted octanol–water partition coefficient (Wildman–Crippen LogP) is 11.3. The van der Waals surface area contributed by atoms with Crippen molar-refractivity contribution in [3.8, 4) is 0 Å². The predicted molar refractivity (Wildman–Crippen MR) is 252 cm³/mol. The molecule has 11 nitrogen and oxygen atoms in total. The molecule has 12 heteroatoms. The monoisotopic (exact) mass is 887 g/mol.